The SMILES string of the molecule is CCOC(=O)c1c(O)c2cc3c(cc2[nH]c1=S)OC(F)(F)O3. The van der Waals surface area contributed by atoms with E-state index < -0.39 is 18.0 Å². The number of carbonyl (C=O) groups excluding carboxylic acids is 1. The van der Waals surface area contributed by atoms with Crippen molar-refractivity contribution in [2.45, 2.75) is 13.2 Å². The molecule has 2 heterocycles. The fourth-order valence-electron chi connectivity index (χ4n) is 2.12. The molecule has 22 heavy (non-hydrogen) atoms. The van der Waals surface area contributed by atoms with Crippen molar-refractivity contribution in [1.82, 2.24) is 4.98 Å². The number of H-pyrrole nitrogens is 1. The average molecular weight is 329 g/mol. The number of halogens is 2. The normalized spacial score (nSPS) is 15.0. The van der Waals surface area contributed by atoms with Crippen LogP contribution in [0.1, 0.15) is 17.3 Å². The number of carbonyl (C=O) groups is 1. The van der Waals surface area contributed by atoms with E-state index in [9.17, 15) is 18.7 Å². The summed E-state index contributed by atoms with van der Waals surface area (Å²) in [6.45, 7) is 1.70. The van der Waals surface area contributed by atoms with Gasteiger partial charge in [0, 0.05) is 11.5 Å². The lowest BCUT2D eigenvalue weighted by atomic mass is 10.1. The molecule has 0 saturated heterocycles. The molecule has 1 aliphatic heterocycles. The van der Waals surface area contributed by atoms with Crippen molar-refractivity contribution in [1.29, 1.82) is 0 Å². The van der Waals surface area contributed by atoms with E-state index in [2.05, 4.69) is 14.5 Å². The molecule has 2 N–H and O–H groups in total. The molecule has 1 aromatic heterocycles. The summed E-state index contributed by atoms with van der Waals surface area (Å²) in [6.07, 6.45) is -3.78. The van der Waals surface area contributed by atoms with Crippen LogP contribution >= 0.6 is 12.2 Å². The molecule has 0 spiro atoms. The number of rotatable bonds is 2. The van der Waals surface area contributed by atoms with Gasteiger partial charge in [0.15, 0.2) is 11.5 Å². The smallest absolute Gasteiger partial charge is 0.506 e. The summed E-state index contributed by atoms with van der Waals surface area (Å²) in [6, 6.07) is 2.34. The third-order valence-corrected chi connectivity index (χ3v) is 3.29. The Bertz CT molecular complexity index is 848. The summed E-state index contributed by atoms with van der Waals surface area (Å²) in [5, 5.41) is 10.3. The number of aromatic nitrogens is 1. The number of hydrogen-bond acceptors (Lipinski definition) is 6. The zero-order chi connectivity index (χ0) is 16.1. The Hall–Kier alpha value is -2.42. The number of nitrogens with one attached hydrogen (secondary N) is 1. The molecule has 2 aromatic rings. The molecule has 1 aliphatic rings. The highest BCUT2D eigenvalue weighted by Crippen LogP contribution is 2.44. The number of fused-ring (bicyclic) bond motifs is 2. The second kappa shape index (κ2) is 4.80. The van der Waals surface area contributed by atoms with Crippen LogP contribution in [0.2, 0.25) is 0 Å². The van der Waals surface area contributed by atoms with Crippen molar-refractivity contribution < 1.29 is 32.9 Å². The van der Waals surface area contributed by atoms with Crippen LogP contribution < -0.4 is 9.47 Å². The number of hydrogen-bond donors (Lipinski definition) is 2. The average Bonchev–Trinajstić information content (AvgIpc) is 2.70. The third-order valence-electron chi connectivity index (χ3n) is 2.99. The predicted molar refractivity (Wildman–Crippen MR) is 73.0 cm³/mol. The number of pyridine rings is 1. The van der Waals surface area contributed by atoms with E-state index >= 15 is 0 Å². The number of aromatic hydroxyl groups is 1. The summed E-state index contributed by atoms with van der Waals surface area (Å²) in [7, 11) is 0. The third kappa shape index (κ3) is 2.23. The maximum absolute atomic E-state index is 13.1. The first-order valence-corrected chi connectivity index (χ1v) is 6.59. The number of benzene rings is 1. The van der Waals surface area contributed by atoms with E-state index in [4.69, 9.17) is 17.0 Å². The van der Waals surface area contributed by atoms with Crippen LogP contribution in [-0.4, -0.2) is 29.0 Å². The Labute approximate surface area is 127 Å². The first-order chi connectivity index (χ1) is 10.3. The van der Waals surface area contributed by atoms with Crippen molar-refractivity contribution in [2.24, 2.45) is 0 Å². The Morgan fingerprint density at radius 1 is 1.41 bits per heavy atom. The minimum atomic E-state index is -3.78. The topological polar surface area (TPSA) is 80.8 Å². The summed E-state index contributed by atoms with van der Waals surface area (Å²) in [5.74, 6) is -1.75. The molecule has 1 aromatic carbocycles. The van der Waals surface area contributed by atoms with E-state index in [0.717, 1.165) is 6.07 Å². The molecule has 0 radical (unpaired) electrons. The number of esters is 1. The van der Waals surface area contributed by atoms with E-state index in [1.54, 1.807) is 6.92 Å². The predicted octanol–water partition coefficient (Wildman–Crippen LogP) is 3.10. The summed E-state index contributed by atoms with van der Waals surface area (Å²) >= 11 is 4.99. The molecule has 0 aliphatic carbocycles. The van der Waals surface area contributed by atoms with Crippen molar-refractivity contribution >= 4 is 29.1 Å². The van der Waals surface area contributed by atoms with Gasteiger partial charge in [0.1, 0.15) is 16.0 Å². The lowest BCUT2D eigenvalue weighted by molar-refractivity contribution is -0.286. The second-order valence-electron chi connectivity index (χ2n) is 4.41. The van der Waals surface area contributed by atoms with Crippen molar-refractivity contribution in [3.63, 3.8) is 0 Å². The van der Waals surface area contributed by atoms with Crippen LogP contribution in [0.15, 0.2) is 12.1 Å². The molecule has 6 nitrogen and oxygen atoms in total. The summed E-state index contributed by atoms with van der Waals surface area (Å²) in [4.78, 5) is 14.5. The van der Waals surface area contributed by atoms with Gasteiger partial charge in [0.05, 0.1) is 12.1 Å². The van der Waals surface area contributed by atoms with Crippen LogP contribution in [0.5, 0.6) is 17.2 Å². The van der Waals surface area contributed by atoms with Crippen LogP contribution in [0, 0.1) is 4.64 Å². The largest absolute Gasteiger partial charge is 0.586 e. The van der Waals surface area contributed by atoms with Crippen molar-refractivity contribution in [2.75, 3.05) is 6.61 Å². The van der Waals surface area contributed by atoms with Crippen molar-refractivity contribution in [3.8, 4) is 17.2 Å². The molecule has 0 saturated carbocycles. The highest BCUT2D eigenvalue weighted by Gasteiger charge is 2.43. The van der Waals surface area contributed by atoms with Crippen LogP contribution in [-0.2, 0) is 4.74 Å². The Morgan fingerprint density at radius 3 is 2.68 bits per heavy atom. The standard InChI is InChI=1S/C13H9F2NO5S/c1-2-19-12(18)9-10(17)5-3-7-8(21-13(14,15)20-7)4-6(5)16-11(9)22/h3-4H,2H2,1H3,(H2,16,17,22). The lowest BCUT2D eigenvalue weighted by Crippen LogP contribution is -2.25. The highest BCUT2D eigenvalue weighted by atomic mass is 32.1. The monoisotopic (exact) mass is 329 g/mol. The Balaban J connectivity index is 2.22. The van der Waals surface area contributed by atoms with Crippen molar-refractivity contribution in [3.05, 3.63) is 22.3 Å². The molecule has 0 fully saturated rings. The van der Waals surface area contributed by atoms with Gasteiger partial charge in [0.25, 0.3) is 0 Å². The first kappa shape index (κ1) is 14.5. The van der Waals surface area contributed by atoms with Crippen LogP contribution in [0.25, 0.3) is 10.9 Å². The number of alkyl halides is 2. The maximum atomic E-state index is 13.1. The van der Waals surface area contributed by atoms with Gasteiger partial charge in [-0.05, 0) is 13.0 Å². The number of aromatic amines is 1. The fourth-order valence-corrected chi connectivity index (χ4v) is 2.41. The van der Waals surface area contributed by atoms with Gasteiger partial charge in [-0.1, -0.05) is 12.2 Å². The van der Waals surface area contributed by atoms with Crippen LogP contribution in [0.3, 0.4) is 0 Å². The van der Waals surface area contributed by atoms with E-state index in [1.807, 2.05) is 0 Å². The van der Waals surface area contributed by atoms with Gasteiger partial charge in [-0.3, -0.25) is 0 Å². The minimum absolute atomic E-state index is 0.0749. The van der Waals surface area contributed by atoms with Gasteiger partial charge in [-0.2, -0.15) is 0 Å². The molecule has 0 amide bonds. The lowest BCUT2D eigenvalue weighted by Gasteiger charge is -2.08. The second-order valence-corrected chi connectivity index (χ2v) is 4.82. The zero-order valence-corrected chi connectivity index (χ0v) is 11.9. The zero-order valence-electron chi connectivity index (χ0n) is 11.1. The summed E-state index contributed by atoms with van der Waals surface area (Å²) < 4.78 is 39.5. The molecule has 0 atom stereocenters. The highest BCUT2D eigenvalue weighted by molar-refractivity contribution is 7.71. The van der Waals surface area contributed by atoms with E-state index in [0.29, 0.717) is 0 Å². The Morgan fingerprint density at radius 2 is 2.05 bits per heavy atom. The molecule has 0 bridgehead atoms. The molecule has 116 valence electrons. The number of ether oxygens (including phenoxy) is 3. The molecular weight excluding hydrogens is 320 g/mol. The minimum Gasteiger partial charge on any atom is -0.506 e. The molecule has 0 unspecified atom stereocenters. The molecule has 3 rings (SSSR count). The van der Waals surface area contributed by atoms with E-state index in [-0.39, 0.29) is 39.2 Å². The van der Waals surface area contributed by atoms with Gasteiger partial charge in [-0.15, -0.1) is 8.78 Å². The first-order valence-electron chi connectivity index (χ1n) is 6.18. The maximum Gasteiger partial charge on any atom is 0.586 e. The van der Waals surface area contributed by atoms with Crippen LogP contribution in [0.4, 0.5) is 8.78 Å². The van der Waals surface area contributed by atoms with Gasteiger partial charge >= 0.3 is 12.3 Å². The van der Waals surface area contributed by atoms with E-state index in [1.165, 1.54) is 6.07 Å². The molecule has 9 heteroatoms. The summed E-state index contributed by atoms with van der Waals surface area (Å²) in [5.41, 5.74) is -0.0226. The molecular formula is C13H9F2NO5S. The fraction of sp³-hybridized carbons (Fsp3) is 0.231. The Kier molecular flexibility index (Phi) is 3.17. The quantitative estimate of drug-likeness (QED) is 0.651. The van der Waals surface area contributed by atoms with Gasteiger partial charge in [0.2, 0.25) is 0 Å². The van der Waals surface area contributed by atoms with Gasteiger partial charge in [-0.25, -0.2) is 4.79 Å². The van der Waals surface area contributed by atoms with Gasteiger partial charge < -0.3 is 24.3 Å².